The molecule has 5 nitrogen and oxygen atoms in total. The molecule has 2 aromatic carbocycles. The molecule has 7 heteroatoms. The number of anilines is 2. The summed E-state index contributed by atoms with van der Waals surface area (Å²) in [5, 5.41) is 2.63. The number of halogens is 1. The van der Waals surface area contributed by atoms with Gasteiger partial charge in [-0.15, -0.1) is 0 Å². The zero-order valence-corrected chi connectivity index (χ0v) is 14.6. The molecule has 1 aliphatic heterocycles. The third kappa shape index (κ3) is 3.82. The summed E-state index contributed by atoms with van der Waals surface area (Å²) in [4.78, 5) is 12.4. The molecule has 25 heavy (non-hydrogen) atoms. The predicted octanol–water partition coefficient (Wildman–Crippen LogP) is 3.32. The molecule has 0 bridgehead atoms. The molecule has 0 atom stereocenters. The van der Waals surface area contributed by atoms with E-state index in [0.29, 0.717) is 35.5 Å². The Balaban J connectivity index is 1.83. The van der Waals surface area contributed by atoms with Crippen molar-refractivity contribution in [3.05, 3.63) is 59.4 Å². The van der Waals surface area contributed by atoms with Crippen LogP contribution in [0.25, 0.3) is 0 Å². The van der Waals surface area contributed by atoms with Crippen LogP contribution in [-0.4, -0.2) is 26.6 Å². The van der Waals surface area contributed by atoms with Gasteiger partial charge in [0.25, 0.3) is 5.91 Å². The minimum absolute atomic E-state index is 0.117. The van der Waals surface area contributed by atoms with Crippen LogP contribution in [0.3, 0.4) is 0 Å². The monoisotopic (exact) mass is 362 g/mol. The van der Waals surface area contributed by atoms with E-state index in [0.717, 1.165) is 6.42 Å². The maximum Gasteiger partial charge on any atom is 0.255 e. The van der Waals surface area contributed by atoms with E-state index in [1.165, 1.54) is 10.4 Å². The number of sulfonamides is 1. The van der Waals surface area contributed by atoms with Crippen LogP contribution < -0.4 is 9.62 Å². The first-order valence-corrected chi connectivity index (χ1v) is 9.66. The molecule has 0 unspecified atom stereocenters. The standard InChI is InChI=1S/C18H19FN2O3S/c1-13-7-8-15(12-17(13)19)20-18(22)14-5-4-6-16(11-14)21-9-2-3-10-25(21,23)24/h4-8,11-12H,2-3,9-10H2,1H3,(H,20,22). The van der Waals surface area contributed by atoms with E-state index >= 15 is 0 Å². The highest BCUT2D eigenvalue weighted by Crippen LogP contribution is 2.25. The van der Waals surface area contributed by atoms with E-state index in [1.54, 1.807) is 43.3 Å². The normalized spacial score (nSPS) is 16.5. The van der Waals surface area contributed by atoms with E-state index in [4.69, 9.17) is 0 Å². The number of aryl methyl sites for hydroxylation is 1. The molecule has 1 amide bonds. The van der Waals surface area contributed by atoms with Crippen LogP contribution in [0.4, 0.5) is 15.8 Å². The zero-order valence-electron chi connectivity index (χ0n) is 13.8. The molecule has 0 spiro atoms. The Hall–Kier alpha value is -2.41. The molecule has 1 fully saturated rings. The van der Waals surface area contributed by atoms with Gasteiger partial charge in [0.2, 0.25) is 10.0 Å². The van der Waals surface area contributed by atoms with Crippen LogP contribution in [0.5, 0.6) is 0 Å². The molecule has 132 valence electrons. The molecule has 1 heterocycles. The van der Waals surface area contributed by atoms with Crippen molar-refractivity contribution >= 4 is 27.3 Å². The molecule has 1 aliphatic rings. The predicted molar refractivity (Wildman–Crippen MR) is 95.9 cm³/mol. The average Bonchev–Trinajstić information content (AvgIpc) is 2.58. The summed E-state index contributed by atoms with van der Waals surface area (Å²) in [5.74, 6) is -0.697. The van der Waals surface area contributed by atoms with Crippen molar-refractivity contribution in [3.63, 3.8) is 0 Å². The van der Waals surface area contributed by atoms with Crippen LogP contribution in [0.1, 0.15) is 28.8 Å². The first-order valence-electron chi connectivity index (χ1n) is 8.05. The van der Waals surface area contributed by atoms with Crippen LogP contribution in [0, 0.1) is 12.7 Å². The summed E-state index contributed by atoms with van der Waals surface area (Å²) in [6.45, 7) is 2.06. The van der Waals surface area contributed by atoms with Gasteiger partial charge in [-0.2, -0.15) is 0 Å². The molecule has 0 aliphatic carbocycles. The number of rotatable bonds is 3. The summed E-state index contributed by atoms with van der Waals surface area (Å²) in [5.41, 5.74) is 1.64. The van der Waals surface area contributed by atoms with Crippen molar-refractivity contribution in [2.75, 3.05) is 21.9 Å². The highest BCUT2D eigenvalue weighted by atomic mass is 32.2. The summed E-state index contributed by atoms with van der Waals surface area (Å²) in [7, 11) is -3.34. The number of benzene rings is 2. The molecule has 1 N–H and O–H groups in total. The van der Waals surface area contributed by atoms with Crippen molar-refractivity contribution in [1.82, 2.24) is 0 Å². The van der Waals surface area contributed by atoms with Gasteiger partial charge in [0, 0.05) is 17.8 Å². The molecule has 1 saturated heterocycles. The third-order valence-electron chi connectivity index (χ3n) is 4.18. The van der Waals surface area contributed by atoms with Gasteiger partial charge < -0.3 is 5.32 Å². The number of amides is 1. The van der Waals surface area contributed by atoms with Crippen LogP contribution in [-0.2, 0) is 10.0 Å². The van der Waals surface area contributed by atoms with E-state index in [-0.39, 0.29) is 5.75 Å². The maximum atomic E-state index is 13.6. The number of nitrogens with one attached hydrogen (secondary N) is 1. The topological polar surface area (TPSA) is 66.5 Å². The van der Waals surface area contributed by atoms with Gasteiger partial charge >= 0.3 is 0 Å². The molecule has 3 rings (SSSR count). The lowest BCUT2D eigenvalue weighted by atomic mass is 10.1. The largest absolute Gasteiger partial charge is 0.322 e. The molecule has 0 aromatic heterocycles. The van der Waals surface area contributed by atoms with Gasteiger partial charge in [0.15, 0.2) is 0 Å². The first-order chi connectivity index (χ1) is 11.9. The Kier molecular flexibility index (Phi) is 4.76. The Labute approximate surface area is 146 Å². The lowest BCUT2D eigenvalue weighted by Gasteiger charge is -2.28. The van der Waals surface area contributed by atoms with Crippen molar-refractivity contribution in [2.45, 2.75) is 19.8 Å². The van der Waals surface area contributed by atoms with Gasteiger partial charge in [-0.1, -0.05) is 12.1 Å². The van der Waals surface area contributed by atoms with Gasteiger partial charge in [-0.3, -0.25) is 9.10 Å². The Morgan fingerprint density at radius 3 is 2.68 bits per heavy atom. The van der Waals surface area contributed by atoms with Gasteiger partial charge in [-0.25, -0.2) is 12.8 Å². The Morgan fingerprint density at radius 2 is 1.96 bits per heavy atom. The zero-order chi connectivity index (χ0) is 18.0. The lowest BCUT2D eigenvalue weighted by molar-refractivity contribution is 0.102. The summed E-state index contributed by atoms with van der Waals surface area (Å²) < 4.78 is 39.4. The average molecular weight is 362 g/mol. The van der Waals surface area contributed by atoms with Crippen molar-refractivity contribution in [2.24, 2.45) is 0 Å². The third-order valence-corrected chi connectivity index (χ3v) is 6.04. The molecule has 2 aromatic rings. The van der Waals surface area contributed by atoms with Crippen LogP contribution >= 0.6 is 0 Å². The molecular formula is C18H19FN2O3S. The highest BCUT2D eigenvalue weighted by Gasteiger charge is 2.26. The lowest BCUT2D eigenvalue weighted by Crippen LogP contribution is -2.37. The Bertz CT molecular complexity index is 912. The van der Waals surface area contributed by atoms with Crippen molar-refractivity contribution in [3.8, 4) is 0 Å². The van der Waals surface area contributed by atoms with E-state index in [1.807, 2.05) is 0 Å². The maximum absolute atomic E-state index is 13.6. The highest BCUT2D eigenvalue weighted by molar-refractivity contribution is 7.92. The van der Waals surface area contributed by atoms with Crippen LogP contribution in [0.2, 0.25) is 0 Å². The summed E-state index contributed by atoms with van der Waals surface area (Å²) in [6.07, 6.45) is 1.44. The second-order valence-electron chi connectivity index (χ2n) is 6.06. The smallest absolute Gasteiger partial charge is 0.255 e. The Morgan fingerprint density at radius 1 is 1.16 bits per heavy atom. The van der Waals surface area contributed by atoms with Crippen LogP contribution in [0.15, 0.2) is 42.5 Å². The SMILES string of the molecule is Cc1ccc(NC(=O)c2cccc(N3CCCCS3(=O)=O)c2)cc1F. The van der Waals surface area contributed by atoms with E-state index < -0.39 is 21.7 Å². The van der Waals surface area contributed by atoms with E-state index in [2.05, 4.69) is 5.32 Å². The fourth-order valence-electron chi connectivity index (χ4n) is 2.76. The number of hydrogen-bond donors (Lipinski definition) is 1. The fraction of sp³-hybridized carbons (Fsp3) is 0.278. The summed E-state index contributed by atoms with van der Waals surface area (Å²) >= 11 is 0. The van der Waals surface area contributed by atoms with Gasteiger partial charge in [0.05, 0.1) is 11.4 Å². The van der Waals surface area contributed by atoms with Gasteiger partial charge in [0.1, 0.15) is 5.82 Å². The minimum Gasteiger partial charge on any atom is -0.322 e. The van der Waals surface area contributed by atoms with Crippen molar-refractivity contribution < 1.29 is 17.6 Å². The van der Waals surface area contributed by atoms with Crippen molar-refractivity contribution in [1.29, 1.82) is 0 Å². The minimum atomic E-state index is -3.34. The van der Waals surface area contributed by atoms with Gasteiger partial charge in [-0.05, 0) is 55.7 Å². The fourth-order valence-corrected chi connectivity index (χ4v) is 4.39. The first kappa shape index (κ1) is 17.4. The molecular weight excluding hydrogens is 343 g/mol. The number of carbonyl (C=O) groups is 1. The second kappa shape index (κ2) is 6.84. The molecule has 0 radical (unpaired) electrons. The number of hydrogen-bond acceptors (Lipinski definition) is 3. The molecule has 0 saturated carbocycles. The summed E-state index contributed by atoms with van der Waals surface area (Å²) in [6, 6.07) is 10.9. The van der Waals surface area contributed by atoms with E-state index in [9.17, 15) is 17.6 Å². The number of nitrogens with zero attached hydrogens (tertiary/aromatic N) is 1. The second-order valence-corrected chi connectivity index (χ2v) is 8.08. The number of carbonyl (C=O) groups excluding carboxylic acids is 1. The quantitative estimate of drug-likeness (QED) is 0.911.